The van der Waals surface area contributed by atoms with Crippen molar-refractivity contribution < 1.29 is 4.79 Å². The minimum absolute atomic E-state index is 0.0231. The van der Waals surface area contributed by atoms with E-state index in [1.165, 1.54) is 0 Å². The van der Waals surface area contributed by atoms with Crippen LogP contribution in [0.15, 0.2) is 0 Å². The van der Waals surface area contributed by atoms with Crippen LogP contribution >= 0.6 is 0 Å². The van der Waals surface area contributed by atoms with Crippen LogP contribution in [-0.4, -0.2) is 28.9 Å². The third kappa shape index (κ3) is 2.13. The van der Waals surface area contributed by atoms with E-state index in [-0.39, 0.29) is 17.5 Å². The molecule has 1 saturated carbocycles. The average Bonchev–Trinajstić information content (AvgIpc) is 2.80. The summed E-state index contributed by atoms with van der Waals surface area (Å²) in [5, 5.41) is 10.4. The largest absolute Gasteiger partial charge is 0.323 e. The van der Waals surface area contributed by atoms with Crippen LogP contribution in [0.25, 0.3) is 0 Å². The van der Waals surface area contributed by atoms with Gasteiger partial charge >= 0.3 is 6.03 Å². The second-order valence-electron chi connectivity index (χ2n) is 5.76. The highest BCUT2D eigenvalue weighted by molar-refractivity contribution is 6.05. The Morgan fingerprint density at radius 3 is 2.53 bits per heavy atom. The summed E-state index contributed by atoms with van der Waals surface area (Å²) in [5.41, 5.74) is 0.149. The lowest BCUT2D eigenvalue weighted by molar-refractivity contribution is 0.188. The molecular formula is C11H19N3O. The van der Waals surface area contributed by atoms with Crippen LogP contribution in [0.3, 0.4) is 0 Å². The van der Waals surface area contributed by atoms with Gasteiger partial charge in [0.1, 0.15) is 5.84 Å². The number of hydrogen-bond acceptors (Lipinski definition) is 2. The summed E-state index contributed by atoms with van der Waals surface area (Å²) in [7, 11) is 0. The minimum atomic E-state index is -0.0725. The van der Waals surface area contributed by atoms with E-state index >= 15 is 0 Å². The minimum Gasteiger partial charge on any atom is -0.311 e. The number of amides is 2. The molecule has 0 aromatic rings. The Bertz CT molecular complexity index is 301. The van der Waals surface area contributed by atoms with Crippen LogP contribution in [0.1, 0.15) is 40.0 Å². The van der Waals surface area contributed by atoms with E-state index in [1.54, 1.807) is 0 Å². The van der Waals surface area contributed by atoms with Gasteiger partial charge in [-0.2, -0.15) is 0 Å². The monoisotopic (exact) mass is 209 g/mol. The smallest absolute Gasteiger partial charge is 0.311 e. The van der Waals surface area contributed by atoms with Gasteiger partial charge in [-0.3, -0.25) is 10.7 Å². The molecule has 2 N–H and O–H groups in total. The van der Waals surface area contributed by atoms with E-state index < -0.39 is 0 Å². The first kappa shape index (κ1) is 10.5. The first-order valence-corrected chi connectivity index (χ1v) is 5.56. The number of carbonyl (C=O) groups excluding carboxylic acids is 1. The van der Waals surface area contributed by atoms with Crippen LogP contribution in [0.5, 0.6) is 0 Å². The predicted octanol–water partition coefficient (Wildman–Crippen LogP) is 1.96. The van der Waals surface area contributed by atoms with Crippen molar-refractivity contribution in [3.05, 3.63) is 0 Å². The molecule has 1 aliphatic carbocycles. The van der Waals surface area contributed by atoms with Crippen LogP contribution in [0.2, 0.25) is 0 Å². The van der Waals surface area contributed by atoms with Crippen molar-refractivity contribution in [3.8, 4) is 0 Å². The van der Waals surface area contributed by atoms with Crippen LogP contribution in [0.4, 0.5) is 4.79 Å². The zero-order chi connectivity index (χ0) is 11.2. The van der Waals surface area contributed by atoms with Gasteiger partial charge in [0.05, 0.1) is 6.04 Å². The Labute approximate surface area is 90.5 Å². The van der Waals surface area contributed by atoms with Crippen molar-refractivity contribution in [3.63, 3.8) is 0 Å². The molecule has 2 amide bonds. The van der Waals surface area contributed by atoms with Crippen LogP contribution in [-0.2, 0) is 0 Å². The zero-order valence-electron chi connectivity index (χ0n) is 9.63. The number of amidine groups is 1. The maximum atomic E-state index is 11.6. The Morgan fingerprint density at radius 2 is 2.07 bits per heavy atom. The van der Waals surface area contributed by atoms with Gasteiger partial charge in [-0.15, -0.1) is 0 Å². The number of carbonyl (C=O) groups is 1. The molecule has 1 unspecified atom stereocenters. The zero-order valence-corrected chi connectivity index (χ0v) is 9.63. The topological polar surface area (TPSA) is 56.2 Å². The van der Waals surface area contributed by atoms with Crippen molar-refractivity contribution in [1.29, 1.82) is 5.41 Å². The van der Waals surface area contributed by atoms with Gasteiger partial charge in [-0.1, -0.05) is 20.8 Å². The maximum Gasteiger partial charge on any atom is 0.323 e. The highest BCUT2D eigenvalue weighted by Gasteiger charge is 2.45. The number of hydrogen-bond donors (Lipinski definition) is 2. The standard InChI is InChI=1S/C11H19N3O/c1-11(2,3)6-8-9(12)13-10(15)14(8)7-4-5-7/h7-8H,4-6H2,1-3H3,(H2,12,13,15). The third-order valence-corrected chi connectivity index (χ3v) is 2.89. The van der Waals surface area contributed by atoms with Crippen molar-refractivity contribution >= 4 is 11.9 Å². The molecule has 15 heavy (non-hydrogen) atoms. The average molecular weight is 209 g/mol. The molecule has 84 valence electrons. The summed E-state index contributed by atoms with van der Waals surface area (Å²) in [4.78, 5) is 13.5. The molecule has 0 spiro atoms. The van der Waals surface area contributed by atoms with Crippen LogP contribution < -0.4 is 5.32 Å². The van der Waals surface area contributed by atoms with Gasteiger partial charge in [0, 0.05) is 6.04 Å². The number of nitrogens with zero attached hydrogens (tertiary/aromatic N) is 1. The number of urea groups is 1. The fraction of sp³-hybridized carbons (Fsp3) is 0.818. The van der Waals surface area contributed by atoms with Gasteiger partial charge in [0.15, 0.2) is 0 Å². The summed E-state index contributed by atoms with van der Waals surface area (Å²) in [6.07, 6.45) is 3.06. The van der Waals surface area contributed by atoms with E-state index in [1.807, 2.05) is 4.90 Å². The molecule has 1 aliphatic heterocycles. The molecule has 4 nitrogen and oxygen atoms in total. The molecule has 0 radical (unpaired) electrons. The van der Waals surface area contributed by atoms with E-state index in [9.17, 15) is 4.79 Å². The molecule has 0 aromatic heterocycles. The molecule has 2 fully saturated rings. The van der Waals surface area contributed by atoms with E-state index in [4.69, 9.17) is 5.41 Å². The molecule has 1 atom stereocenters. The van der Waals surface area contributed by atoms with Gasteiger partial charge in [-0.25, -0.2) is 4.79 Å². The molecule has 0 aromatic carbocycles. The number of nitrogens with one attached hydrogen (secondary N) is 2. The first-order chi connectivity index (χ1) is 6.88. The van der Waals surface area contributed by atoms with Gasteiger partial charge in [0.25, 0.3) is 0 Å². The van der Waals surface area contributed by atoms with Crippen LogP contribution in [0, 0.1) is 10.8 Å². The first-order valence-electron chi connectivity index (χ1n) is 5.56. The lowest BCUT2D eigenvalue weighted by Crippen LogP contribution is -2.39. The Kier molecular flexibility index (Phi) is 2.24. The quantitative estimate of drug-likeness (QED) is 0.717. The molecule has 2 aliphatic rings. The highest BCUT2D eigenvalue weighted by Crippen LogP contribution is 2.35. The number of rotatable bonds is 2. The normalized spacial score (nSPS) is 27.1. The third-order valence-electron chi connectivity index (χ3n) is 2.89. The summed E-state index contributed by atoms with van der Waals surface area (Å²) in [6, 6.07) is 0.293. The summed E-state index contributed by atoms with van der Waals surface area (Å²) in [6.45, 7) is 6.44. The molecular weight excluding hydrogens is 190 g/mol. The molecule has 1 heterocycles. The van der Waals surface area contributed by atoms with Gasteiger partial charge in [0.2, 0.25) is 0 Å². The van der Waals surface area contributed by atoms with Crippen molar-refractivity contribution in [2.45, 2.75) is 52.1 Å². The summed E-state index contributed by atoms with van der Waals surface area (Å²) in [5.74, 6) is 0.377. The van der Waals surface area contributed by atoms with E-state index in [2.05, 4.69) is 26.1 Å². The molecule has 1 saturated heterocycles. The van der Waals surface area contributed by atoms with Crippen molar-refractivity contribution in [1.82, 2.24) is 10.2 Å². The fourth-order valence-electron chi connectivity index (χ4n) is 2.10. The molecule has 4 heteroatoms. The summed E-state index contributed by atoms with van der Waals surface area (Å²) < 4.78 is 0. The Hall–Kier alpha value is -1.06. The second kappa shape index (κ2) is 3.22. The van der Waals surface area contributed by atoms with E-state index in [0.717, 1.165) is 19.3 Å². The van der Waals surface area contributed by atoms with E-state index in [0.29, 0.717) is 11.9 Å². The Morgan fingerprint density at radius 1 is 1.47 bits per heavy atom. The van der Waals surface area contributed by atoms with Gasteiger partial charge < -0.3 is 4.90 Å². The maximum absolute atomic E-state index is 11.6. The molecule has 2 rings (SSSR count). The summed E-state index contributed by atoms with van der Waals surface area (Å²) >= 11 is 0. The lowest BCUT2D eigenvalue weighted by atomic mass is 9.87. The SMILES string of the molecule is CC(C)(C)CC1C(=N)NC(=O)N1C1CC1. The highest BCUT2D eigenvalue weighted by atomic mass is 16.2. The van der Waals surface area contributed by atoms with Crippen molar-refractivity contribution in [2.24, 2.45) is 5.41 Å². The fourth-order valence-corrected chi connectivity index (χ4v) is 2.10. The molecule has 0 bridgehead atoms. The van der Waals surface area contributed by atoms with Crippen molar-refractivity contribution in [2.75, 3.05) is 0 Å². The second-order valence-corrected chi connectivity index (χ2v) is 5.76. The lowest BCUT2D eigenvalue weighted by Gasteiger charge is -2.28. The van der Waals surface area contributed by atoms with Gasteiger partial charge in [-0.05, 0) is 24.7 Å². The Balaban J connectivity index is 2.12. The predicted molar refractivity (Wildman–Crippen MR) is 59.0 cm³/mol.